The van der Waals surface area contributed by atoms with Crippen molar-refractivity contribution in [1.29, 1.82) is 0 Å². The van der Waals surface area contributed by atoms with Gasteiger partial charge in [-0.05, 0) is 37.6 Å². The van der Waals surface area contributed by atoms with Crippen molar-refractivity contribution in [3.8, 4) is 22.6 Å². The minimum Gasteiger partial charge on any atom is -0.384 e. The standard InChI is InChI=1S/C18H18ClN5O/c1-3-24-15(14-8-16(20)23-9-22-14)7-13(18(21)25)17(24)12-6-11(19)5-4-10(12)2/h4-9H,3H2,1-2H3,(H2,21,25)(H2,20,22,23). The Morgan fingerprint density at radius 3 is 2.64 bits per heavy atom. The predicted molar refractivity (Wildman–Crippen MR) is 99.2 cm³/mol. The summed E-state index contributed by atoms with van der Waals surface area (Å²) in [4.78, 5) is 20.3. The smallest absolute Gasteiger partial charge is 0.250 e. The molecule has 0 aliphatic rings. The largest absolute Gasteiger partial charge is 0.384 e. The van der Waals surface area contributed by atoms with E-state index < -0.39 is 5.91 Å². The number of nitrogens with two attached hydrogens (primary N) is 2. The molecule has 3 aromatic rings. The number of halogens is 1. The Bertz CT molecular complexity index is 964. The van der Waals surface area contributed by atoms with Gasteiger partial charge in [0.1, 0.15) is 12.1 Å². The van der Waals surface area contributed by atoms with Crippen LogP contribution in [0.4, 0.5) is 5.82 Å². The molecule has 1 aromatic carbocycles. The molecule has 128 valence electrons. The van der Waals surface area contributed by atoms with E-state index in [1.807, 2.05) is 36.6 Å². The average molecular weight is 356 g/mol. The number of hydrogen-bond donors (Lipinski definition) is 2. The quantitative estimate of drug-likeness (QED) is 0.750. The predicted octanol–water partition coefficient (Wildman–Crippen LogP) is 3.27. The van der Waals surface area contributed by atoms with Crippen molar-refractivity contribution in [1.82, 2.24) is 14.5 Å². The fraction of sp³-hybridized carbons (Fsp3) is 0.167. The fourth-order valence-corrected chi connectivity index (χ4v) is 3.10. The van der Waals surface area contributed by atoms with Gasteiger partial charge in [0.25, 0.3) is 5.91 Å². The van der Waals surface area contributed by atoms with Gasteiger partial charge in [0.2, 0.25) is 0 Å². The maximum absolute atomic E-state index is 12.1. The lowest BCUT2D eigenvalue weighted by molar-refractivity contribution is 0.100. The van der Waals surface area contributed by atoms with E-state index in [0.29, 0.717) is 28.6 Å². The molecule has 4 N–H and O–H groups in total. The molecule has 0 aliphatic carbocycles. The van der Waals surface area contributed by atoms with Crippen LogP contribution in [0, 0.1) is 6.92 Å². The fourth-order valence-electron chi connectivity index (χ4n) is 2.93. The van der Waals surface area contributed by atoms with Crippen LogP contribution in [0.1, 0.15) is 22.8 Å². The van der Waals surface area contributed by atoms with Crippen LogP contribution >= 0.6 is 11.6 Å². The second kappa shape index (κ2) is 6.57. The van der Waals surface area contributed by atoms with E-state index >= 15 is 0 Å². The van der Waals surface area contributed by atoms with Crippen molar-refractivity contribution in [2.24, 2.45) is 5.73 Å². The number of aryl methyl sites for hydroxylation is 1. The summed E-state index contributed by atoms with van der Waals surface area (Å²) < 4.78 is 1.99. The van der Waals surface area contributed by atoms with Crippen molar-refractivity contribution < 1.29 is 4.79 Å². The zero-order valence-corrected chi connectivity index (χ0v) is 14.7. The summed E-state index contributed by atoms with van der Waals surface area (Å²) in [6, 6.07) is 8.97. The van der Waals surface area contributed by atoms with Crippen LogP contribution in [-0.4, -0.2) is 20.4 Å². The molecule has 0 bridgehead atoms. The molecule has 0 aliphatic heterocycles. The Morgan fingerprint density at radius 2 is 2.00 bits per heavy atom. The number of benzene rings is 1. The molecule has 6 nitrogen and oxygen atoms in total. The first-order chi connectivity index (χ1) is 11.9. The minimum absolute atomic E-state index is 0.356. The van der Waals surface area contributed by atoms with Gasteiger partial charge in [-0.3, -0.25) is 4.79 Å². The summed E-state index contributed by atoms with van der Waals surface area (Å²) in [5, 5.41) is 0.590. The molecule has 0 radical (unpaired) electrons. The van der Waals surface area contributed by atoms with Crippen LogP contribution < -0.4 is 11.5 Å². The molecule has 0 unspecified atom stereocenters. The van der Waals surface area contributed by atoms with Gasteiger partial charge < -0.3 is 16.0 Å². The lowest BCUT2D eigenvalue weighted by Gasteiger charge is -2.14. The Morgan fingerprint density at radius 1 is 1.24 bits per heavy atom. The van der Waals surface area contributed by atoms with E-state index in [0.717, 1.165) is 22.5 Å². The SMILES string of the molecule is CCn1c(-c2cc(N)ncn2)cc(C(N)=O)c1-c1cc(Cl)ccc1C. The van der Waals surface area contributed by atoms with Crippen LogP contribution in [0.15, 0.2) is 36.7 Å². The van der Waals surface area contributed by atoms with Crippen molar-refractivity contribution in [2.75, 3.05) is 5.73 Å². The van der Waals surface area contributed by atoms with Gasteiger partial charge >= 0.3 is 0 Å². The van der Waals surface area contributed by atoms with E-state index in [4.69, 9.17) is 23.1 Å². The molecule has 0 atom stereocenters. The van der Waals surface area contributed by atoms with Crippen LogP contribution in [0.5, 0.6) is 0 Å². The average Bonchev–Trinajstić information content (AvgIpc) is 2.96. The molecule has 25 heavy (non-hydrogen) atoms. The maximum atomic E-state index is 12.1. The minimum atomic E-state index is -0.509. The number of primary amides is 1. The van der Waals surface area contributed by atoms with E-state index in [1.165, 1.54) is 6.33 Å². The van der Waals surface area contributed by atoms with Crippen LogP contribution in [0.3, 0.4) is 0 Å². The lowest BCUT2D eigenvalue weighted by atomic mass is 10.0. The van der Waals surface area contributed by atoms with Crippen molar-refractivity contribution in [3.63, 3.8) is 0 Å². The van der Waals surface area contributed by atoms with Gasteiger partial charge in [0.05, 0.1) is 22.6 Å². The Labute approximate surface area is 150 Å². The van der Waals surface area contributed by atoms with Gasteiger partial charge in [0.15, 0.2) is 0 Å². The van der Waals surface area contributed by atoms with Gasteiger partial charge in [0, 0.05) is 23.2 Å². The molecule has 7 heteroatoms. The molecule has 2 heterocycles. The van der Waals surface area contributed by atoms with E-state index in [2.05, 4.69) is 9.97 Å². The van der Waals surface area contributed by atoms with Crippen LogP contribution in [-0.2, 0) is 6.54 Å². The topological polar surface area (TPSA) is 99.8 Å². The maximum Gasteiger partial charge on any atom is 0.250 e. The third kappa shape index (κ3) is 3.08. The van der Waals surface area contributed by atoms with Gasteiger partial charge in [-0.1, -0.05) is 17.7 Å². The third-order valence-electron chi connectivity index (χ3n) is 4.08. The molecule has 2 aromatic heterocycles. The lowest BCUT2D eigenvalue weighted by Crippen LogP contribution is -2.12. The highest BCUT2D eigenvalue weighted by molar-refractivity contribution is 6.31. The van der Waals surface area contributed by atoms with Crippen molar-refractivity contribution in [3.05, 3.63) is 52.8 Å². The molecule has 0 spiro atoms. The number of carbonyl (C=O) groups excluding carboxylic acids is 1. The van der Waals surface area contributed by atoms with Crippen molar-refractivity contribution in [2.45, 2.75) is 20.4 Å². The highest BCUT2D eigenvalue weighted by atomic mass is 35.5. The molecule has 0 saturated heterocycles. The Hall–Kier alpha value is -2.86. The van der Waals surface area contributed by atoms with Crippen LogP contribution in [0.25, 0.3) is 22.6 Å². The third-order valence-corrected chi connectivity index (χ3v) is 4.32. The zero-order valence-electron chi connectivity index (χ0n) is 14.0. The molecule has 3 rings (SSSR count). The number of amides is 1. The second-order valence-corrected chi connectivity index (χ2v) is 6.12. The zero-order chi connectivity index (χ0) is 18.1. The molecule has 0 saturated carbocycles. The second-order valence-electron chi connectivity index (χ2n) is 5.69. The summed E-state index contributed by atoms with van der Waals surface area (Å²) in [6.07, 6.45) is 1.39. The first-order valence-electron chi connectivity index (χ1n) is 7.80. The van der Waals surface area contributed by atoms with Crippen LogP contribution in [0.2, 0.25) is 5.02 Å². The van der Waals surface area contributed by atoms with Gasteiger partial charge in [-0.2, -0.15) is 0 Å². The summed E-state index contributed by atoms with van der Waals surface area (Å²) in [6.45, 7) is 4.57. The summed E-state index contributed by atoms with van der Waals surface area (Å²) >= 11 is 6.18. The molecular formula is C18H18ClN5O. The number of hydrogen-bond acceptors (Lipinski definition) is 4. The summed E-state index contributed by atoms with van der Waals surface area (Å²) in [5.74, 6) is -0.153. The highest BCUT2D eigenvalue weighted by Crippen LogP contribution is 2.35. The van der Waals surface area contributed by atoms with E-state index in [9.17, 15) is 4.79 Å². The molecule has 1 amide bonds. The first kappa shape index (κ1) is 17.0. The summed E-state index contributed by atoms with van der Waals surface area (Å²) in [7, 11) is 0. The highest BCUT2D eigenvalue weighted by Gasteiger charge is 2.22. The number of nitrogen functional groups attached to an aromatic ring is 1. The monoisotopic (exact) mass is 355 g/mol. The molecular weight excluding hydrogens is 338 g/mol. The Balaban J connectivity index is 2.34. The number of nitrogens with zero attached hydrogens (tertiary/aromatic N) is 3. The Kier molecular flexibility index (Phi) is 4.46. The first-order valence-corrected chi connectivity index (χ1v) is 8.18. The number of anilines is 1. The number of aromatic nitrogens is 3. The normalized spacial score (nSPS) is 10.8. The number of carbonyl (C=O) groups is 1. The van der Waals surface area contributed by atoms with Crippen molar-refractivity contribution >= 4 is 23.3 Å². The van der Waals surface area contributed by atoms with Gasteiger partial charge in [-0.25, -0.2) is 9.97 Å². The summed E-state index contributed by atoms with van der Waals surface area (Å²) in [5.41, 5.74) is 15.8. The molecule has 0 fully saturated rings. The number of rotatable bonds is 4. The van der Waals surface area contributed by atoms with E-state index in [-0.39, 0.29) is 0 Å². The van der Waals surface area contributed by atoms with Gasteiger partial charge in [-0.15, -0.1) is 0 Å². The van der Waals surface area contributed by atoms with E-state index in [1.54, 1.807) is 12.1 Å².